The number of ether oxygens (including phenoxy) is 2. The van der Waals surface area contributed by atoms with Gasteiger partial charge in [0.15, 0.2) is 0 Å². The van der Waals surface area contributed by atoms with E-state index in [-0.39, 0.29) is 24.3 Å². The molecule has 0 spiro atoms. The fraction of sp³-hybridized carbons (Fsp3) is 0.950. The van der Waals surface area contributed by atoms with Gasteiger partial charge in [-0.2, -0.15) is 0 Å². The van der Waals surface area contributed by atoms with Gasteiger partial charge in [0.05, 0.1) is 18.2 Å². The van der Waals surface area contributed by atoms with E-state index >= 15 is 0 Å². The van der Waals surface area contributed by atoms with Crippen LogP contribution in [-0.2, 0) is 9.47 Å². The lowest BCUT2D eigenvalue weighted by Crippen LogP contribution is -2.71. The number of alkyl carbamates (subject to hydrolysis) is 1. The highest BCUT2D eigenvalue weighted by Gasteiger charge is 2.55. The molecule has 2 saturated carbocycles. The molecule has 1 saturated heterocycles. The van der Waals surface area contributed by atoms with Gasteiger partial charge in [-0.1, -0.05) is 13.8 Å². The topological polar surface area (TPSA) is 59.6 Å². The molecule has 144 valence electrons. The summed E-state index contributed by atoms with van der Waals surface area (Å²) in [7, 11) is 0. The number of hydrogen-bond acceptors (Lipinski definition) is 4. The predicted molar refractivity (Wildman–Crippen MR) is 98.5 cm³/mol. The van der Waals surface area contributed by atoms with Gasteiger partial charge in [-0.25, -0.2) is 4.79 Å². The Morgan fingerprint density at radius 2 is 1.88 bits per heavy atom. The Labute approximate surface area is 152 Å². The van der Waals surface area contributed by atoms with E-state index in [0.29, 0.717) is 12.0 Å². The normalized spacial score (nSPS) is 32.9. The average Bonchev–Trinajstić information content (AvgIpc) is 3.22. The maximum atomic E-state index is 12.2. The van der Waals surface area contributed by atoms with Crippen LogP contribution in [0, 0.1) is 17.8 Å². The second kappa shape index (κ2) is 7.43. The molecule has 3 aliphatic rings. The number of nitrogens with one attached hydrogen (secondary N) is 2. The molecule has 2 N–H and O–H groups in total. The number of carbonyl (C=O) groups excluding carboxylic acids is 1. The van der Waals surface area contributed by atoms with Gasteiger partial charge < -0.3 is 20.1 Å². The Hall–Kier alpha value is -0.810. The lowest BCUT2D eigenvalue weighted by atomic mass is 9.71. The van der Waals surface area contributed by atoms with Gasteiger partial charge in [0.1, 0.15) is 5.60 Å². The summed E-state index contributed by atoms with van der Waals surface area (Å²) < 4.78 is 11.4. The molecule has 3 rings (SSSR count). The molecule has 5 unspecified atom stereocenters. The zero-order chi connectivity index (χ0) is 18.2. The van der Waals surface area contributed by atoms with Gasteiger partial charge >= 0.3 is 6.09 Å². The second-order valence-electron chi connectivity index (χ2n) is 9.57. The largest absolute Gasteiger partial charge is 0.444 e. The summed E-state index contributed by atoms with van der Waals surface area (Å²) in [6.45, 7) is 11.1. The van der Waals surface area contributed by atoms with E-state index in [2.05, 4.69) is 24.5 Å². The van der Waals surface area contributed by atoms with E-state index in [1.807, 2.05) is 20.8 Å². The van der Waals surface area contributed by atoms with E-state index in [4.69, 9.17) is 9.47 Å². The Morgan fingerprint density at radius 3 is 2.48 bits per heavy atom. The molecule has 25 heavy (non-hydrogen) atoms. The van der Waals surface area contributed by atoms with Gasteiger partial charge in [-0.05, 0) is 64.7 Å². The maximum Gasteiger partial charge on any atom is 0.407 e. The fourth-order valence-electron chi connectivity index (χ4n) is 4.26. The Balaban J connectivity index is 1.58. The quantitative estimate of drug-likeness (QED) is 0.736. The van der Waals surface area contributed by atoms with Crippen molar-refractivity contribution in [3.8, 4) is 0 Å². The molecule has 0 bridgehead atoms. The minimum absolute atomic E-state index is 0.127. The lowest BCUT2D eigenvalue weighted by Gasteiger charge is -2.49. The molecule has 1 aliphatic heterocycles. The molecule has 0 aromatic carbocycles. The SMILES string of the molecule is CC(C)CCC(NC1C(NC(=O)OC(C)(C)C)C2CCOC21)C1CC1. The highest BCUT2D eigenvalue weighted by molar-refractivity contribution is 5.68. The zero-order valence-corrected chi connectivity index (χ0v) is 16.5. The van der Waals surface area contributed by atoms with Crippen LogP contribution in [-0.4, -0.2) is 42.5 Å². The molecule has 0 aromatic heterocycles. The monoisotopic (exact) mass is 352 g/mol. The Kier molecular flexibility index (Phi) is 5.64. The van der Waals surface area contributed by atoms with Crippen LogP contribution in [0.5, 0.6) is 0 Å². The summed E-state index contributed by atoms with van der Waals surface area (Å²) in [5.41, 5.74) is -0.462. The molecule has 2 aliphatic carbocycles. The summed E-state index contributed by atoms with van der Waals surface area (Å²) in [6.07, 6.45) is 6.11. The predicted octanol–water partition coefficient (Wildman–Crippen LogP) is 3.47. The third-order valence-electron chi connectivity index (χ3n) is 5.72. The molecule has 1 amide bonds. The van der Waals surface area contributed by atoms with Crippen LogP contribution in [0.15, 0.2) is 0 Å². The smallest absolute Gasteiger partial charge is 0.407 e. The molecule has 0 radical (unpaired) electrons. The van der Waals surface area contributed by atoms with Crippen molar-refractivity contribution in [1.82, 2.24) is 10.6 Å². The van der Waals surface area contributed by atoms with Crippen molar-refractivity contribution in [2.45, 2.75) is 96.6 Å². The maximum absolute atomic E-state index is 12.2. The van der Waals surface area contributed by atoms with Crippen LogP contribution in [0.25, 0.3) is 0 Å². The van der Waals surface area contributed by atoms with Crippen molar-refractivity contribution >= 4 is 6.09 Å². The summed E-state index contributed by atoms with van der Waals surface area (Å²) in [5.74, 6) is 1.96. The van der Waals surface area contributed by atoms with E-state index in [9.17, 15) is 4.79 Å². The van der Waals surface area contributed by atoms with Crippen LogP contribution >= 0.6 is 0 Å². The van der Waals surface area contributed by atoms with Crippen molar-refractivity contribution in [2.24, 2.45) is 17.8 Å². The number of fused-ring (bicyclic) bond motifs is 1. The lowest BCUT2D eigenvalue weighted by molar-refractivity contribution is -0.0390. The molecule has 0 aromatic rings. The van der Waals surface area contributed by atoms with Crippen molar-refractivity contribution in [3.63, 3.8) is 0 Å². The van der Waals surface area contributed by atoms with Gasteiger partial charge in [0, 0.05) is 18.6 Å². The minimum Gasteiger partial charge on any atom is -0.444 e. The molecular formula is C20H36N2O3. The van der Waals surface area contributed by atoms with Crippen LogP contribution < -0.4 is 10.6 Å². The Bertz CT molecular complexity index is 470. The minimum atomic E-state index is -0.462. The van der Waals surface area contributed by atoms with Crippen molar-refractivity contribution in [3.05, 3.63) is 0 Å². The van der Waals surface area contributed by atoms with Crippen molar-refractivity contribution in [2.75, 3.05) is 6.61 Å². The van der Waals surface area contributed by atoms with Gasteiger partial charge in [-0.3, -0.25) is 0 Å². The highest BCUT2D eigenvalue weighted by atomic mass is 16.6. The summed E-state index contributed by atoms with van der Waals surface area (Å²) >= 11 is 0. The van der Waals surface area contributed by atoms with Crippen LogP contribution in [0.1, 0.15) is 66.7 Å². The summed E-state index contributed by atoms with van der Waals surface area (Å²) in [4.78, 5) is 12.2. The van der Waals surface area contributed by atoms with Gasteiger partial charge in [-0.15, -0.1) is 0 Å². The molecular weight excluding hydrogens is 316 g/mol. The van der Waals surface area contributed by atoms with Gasteiger partial charge in [0.25, 0.3) is 0 Å². The molecule has 3 fully saturated rings. The Morgan fingerprint density at radius 1 is 1.16 bits per heavy atom. The number of rotatable bonds is 7. The first-order chi connectivity index (χ1) is 11.7. The fourth-order valence-corrected chi connectivity index (χ4v) is 4.26. The molecule has 1 heterocycles. The highest BCUT2D eigenvalue weighted by Crippen LogP contribution is 2.42. The van der Waals surface area contributed by atoms with Crippen molar-refractivity contribution < 1.29 is 14.3 Å². The average molecular weight is 353 g/mol. The first kappa shape index (κ1) is 19.0. The second-order valence-corrected chi connectivity index (χ2v) is 9.57. The van der Waals surface area contributed by atoms with E-state index in [1.54, 1.807) is 0 Å². The van der Waals surface area contributed by atoms with E-state index in [1.165, 1.54) is 25.7 Å². The van der Waals surface area contributed by atoms with Crippen LogP contribution in [0.2, 0.25) is 0 Å². The number of hydrogen-bond donors (Lipinski definition) is 2. The third kappa shape index (κ3) is 4.88. The van der Waals surface area contributed by atoms with Crippen molar-refractivity contribution in [1.29, 1.82) is 0 Å². The summed E-state index contributed by atoms with van der Waals surface area (Å²) in [6, 6.07) is 0.904. The first-order valence-electron chi connectivity index (χ1n) is 10.1. The zero-order valence-electron chi connectivity index (χ0n) is 16.5. The van der Waals surface area contributed by atoms with Gasteiger partial charge in [0.2, 0.25) is 0 Å². The standard InChI is InChI=1S/C20H36N2O3/c1-12(2)6-9-15(13-7-8-13)21-17-16(14-10-11-24-18(14)17)22-19(23)25-20(3,4)5/h12-18,21H,6-11H2,1-5H3,(H,22,23). The molecule has 5 heteroatoms. The number of carbonyl (C=O) groups is 1. The summed E-state index contributed by atoms with van der Waals surface area (Å²) in [5, 5.41) is 6.99. The first-order valence-corrected chi connectivity index (χ1v) is 10.1. The number of amides is 1. The molecule has 5 atom stereocenters. The van der Waals surface area contributed by atoms with Crippen LogP contribution in [0.4, 0.5) is 4.79 Å². The van der Waals surface area contributed by atoms with Crippen LogP contribution in [0.3, 0.4) is 0 Å². The molecule has 5 nitrogen and oxygen atoms in total. The third-order valence-corrected chi connectivity index (χ3v) is 5.72. The van der Waals surface area contributed by atoms with E-state index < -0.39 is 5.60 Å². The van der Waals surface area contributed by atoms with E-state index in [0.717, 1.165) is 24.9 Å².